The third-order valence-electron chi connectivity index (χ3n) is 3.20. The van der Waals surface area contributed by atoms with Crippen LogP contribution in [0.1, 0.15) is 11.3 Å². The van der Waals surface area contributed by atoms with Crippen molar-refractivity contribution in [1.29, 1.82) is 0 Å². The first kappa shape index (κ1) is 11.0. The van der Waals surface area contributed by atoms with Gasteiger partial charge in [0.05, 0.1) is 5.69 Å². The number of nitrogens with one attached hydrogen (secondary N) is 2. The molecule has 2 aromatic heterocycles. The lowest BCUT2D eigenvalue weighted by atomic mass is 10.1. The molecule has 4 heteroatoms. The van der Waals surface area contributed by atoms with Crippen LogP contribution in [0.3, 0.4) is 0 Å². The summed E-state index contributed by atoms with van der Waals surface area (Å²) in [5, 5.41) is 8.58. The summed E-state index contributed by atoms with van der Waals surface area (Å²) < 4.78 is 0. The third kappa shape index (κ3) is 1.80. The highest BCUT2D eigenvalue weighted by atomic mass is 15.1. The summed E-state index contributed by atoms with van der Waals surface area (Å²) in [6.45, 7) is 2.75. The van der Waals surface area contributed by atoms with E-state index in [-0.39, 0.29) is 0 Å². The van der Waals surface area contributed by atoms with Crippen LogP contribution in [0, 0.1) is 6.92 Å². The number of H-pyrrole nitrogens is 2. The van der Waals surface area contributed by atoms with Gasteiger partial charge in [-0.3, -0.25) is 5.10 Å². The zero-order valence-corrected chi connectivity index (χ0v) is 10.3. The number of nitrogens with zero attached hydrogens (tertiary/aromatic N) is 1. The van der Waals surface area contributed by atoms with Gasteiger partial charge in [-0.2, -0.15) is 5.10 Å². The van der Waals surface area contributed by atoms with Gasteiger partial charge in [0.1, 0.15) is 5.69 Å². The molecule has 0 fully saturated rings. The minimum absolute atomic E-state index is 0.632. The number of aryl methyl sites for hydroxylation is 1. The molecule has 3 rings (SSSR count). The van der Waals surface area contributed by atoms with Crippen LogP contribution in [0.25, 0.3) is 22.3 Å². The third-order valence-corrected chi connectivity index (χ3v) is 3.20. The predicted molar refractivity (Wildman–Crippen MR) is 73.4 cm³/mol. The second-order valence-electron chi connectivity index (χ2n) is 4.54. The predicted octanol–water partition coefficient (Wildman–Crippen LogP) is 2.37. The van der Waals surface area contributed by atoms with E-state index in [0.29, 0.717) is 6.54 Å². The van der Waals surface area contributed by atoms with Crippen LogP contribution in [-0.2, 0) is 6.42 Å². The molecule has 4 N–H and O–H groups in total. The highest BCUT2D eigenvalue weighted by Gasteiger charge is 2.08. The summed E-state index contributed by atoms with van der Waals surface area (Å²) in [6.07, 6.45) is 0.826. The number of fused-ring (bicyclic) bond motifs is 1. The van der Waals surface area contributed by atoms with Crippen molar-refractivity contribution in [3.05, 3.63) is 41.6 Å². The lowest BCUT2D eigenvalue weighted by molar-refractivity contribution is 0.902. The van der Waals surface area contributed by atoms with Gasteiger partial charge in [0.2, 0.25) is 0 Å². The Balaban J connectivity index is 2.05. The van der Waals surface area contributed by atoms with Crippen molar-refractivity contribution < 1.29 is 0 Å². The van der Waals surface area contributed by atoms with Crippen LogP contribution in [0.5, 0.6) is 0 Å². The van der Waals surface area contributed by atoms with Gasteiger partial charge in [-0.1, -0.05) is 12.1 Å². The maximum Gasteiger partial charge on any atom is 0.109 e. The van der Waals surface area contributed by atoms with Crippen molar-refractivity contribution in [2.24, 2.45) is 5.73 Å². The molecule has 1 aromatic carbocycles. The van der Waals surface area contributed by atoms with Crippen molar-refractivity contribution in [3.8, 4) is 11.4 Å². The second kappa shape index (κ2) is 4.31. The second-order valence-corrected chi connectivity index (χ2v) is 4.54. The fourth-order valence-electron chi connectivity index (χ4n) is 2.23. The van der Waals surface area contributed by atoms with E-state index in [1.807, 2.05) is 6.07 Å². The SMILES string of the molecule is Cc1cccc2[nH]c(-c3cc(CCN)[nH]n3)cc12. The first-order valence-corrected chi connectivity index (χ1v) is 6.11. The van der Waals surface area contributed by atoms with E-state index in [4.69, 9.17) is 5.73 Å². The molecule has 92 valence electrons. The van der Waals surface area contributed by atoms with Crippen molar-refractivity contribution in [2.75, 3.05) is 6.54 Å². The Morgan fingerprint density at radius 1 is 1.28 bits per heavy atom. The molecule has 0 saturated heterocycles. The maximum atomic E-state index is 5.53. The van der Waals surface area contributed by atoms with Gasteiger partial charge in [-0.25, -0.2) is 0 Å². The molecule has 0 atom stereocenters. The molecule has 0 aliphatic heterocycles. The Bertz CT molecular complexity index is 678. The summed E-state index contributed by atoms with van der Waals surface area (Å²) in [4.78, 5) is 3.39. The minimum atomic E-state index is 0.632. The molecule has 0 aliphatic rings. The number of benzene rings is 1. The van der Waals surface area contributed by atoms with Crippen LogP contribution in [-0.4, -0.2) is 21.7 Å². The molecular weight excluding hydrogens is 224 g/mol. The maximum absolute atomic E-state index is 5.53. The van der Waals surface area contributed by atoms with Crippen LogP contribution in [0.4, 0.5) is 0 Å². The van der Waals surface area contributed by atoms with Crippen molar-refractivity contribution in [1.82, 2.24) is 15.2 Å². The molecule has 18 heavy (non-hydrogen) atoms. The fraction of sp³-hybridized carbons (Fsp3) is 0.214. The smallest absolute Gasteiger partial charge is 0.109 e. The molecule has 0 radical (unpaired) electrons. The molecule has 0 aliphatic carbocycles. The highest BCUT2D eigenvalue weighted by molar-refractivity contribution is 5.87. The van der Waals surface area contributed by atoms with E-state index in [0.717, 1.165) is 29.0 Å². The van der Waals surface area contributed by atoms with Crippen molar-refractivity contribution >= 4 is 10.9 Å². The average molecular weight is 240 g/mol. The van der Waals surface area contributed by atoms with Crippen LogP contribution in [0.2, 0.25) is 0 Å². The number of nitrogens with two attached hydrogens (primary N) is 1. The van der Waals surface area contributed by atoms with Crippen LogP contribution >= 0.6 is 0 Å². The number of hydrogen-bond acceptors (Lipinski definition) is 2. The Morgan fingerprint density at radius 3 is 2.94 bits per heavy atom. The molecule has 0 saturated carbocycles. The molecule has 0 bridgehead atoms. The van der Waals surface area contributed by atoms with Crippen molar-refractivity contribution in [2.45, 2.75) is 13.3 Å². The number of aromatic amines is 2. The number of hydrogen-bond donors (Lipinski definition) is 3. The Hall–Kier alpha value is -2.07. The quantitative estimate of drug-likeness (QED) is 0.657. The lowest BCUT2D eigenvalue weighted by Crippen LogP contribution is -2.02. The fourth-order valence-corrected chi connectivity index (χ4v) is 2.23. The summed E-state index contributed by atoms with van der Waals surface area (Å²) >= 11 is 0. The van der Waals surface area contributed by atoms with E-state index in [9.17, 15) is 0 Å². The molecule has 0 unspecified atom stereocenters. The van der Waals surface area contributed by atoms with Gasteiger partial charge < -0.3 is 10.7 Å². The van der Waals surface area contributed by atoms with Gasteiger partial charge in [0.25, 0.3) is 0 Å². The van der Waals surface area contributed by atoms with E-state index in [1.165, 1.54) is 10.9 Å². The van der Waals surface area contributed by atoms with E-state index < -0.39 is 0 Å². The van der Waals surface area contributed by atoms with Crippen LogP contribution < -0.4 is 5.73 Å². The zero-order chi connectivity index (χ0) is 12.5. The lowest BCUT2D eigenvalue weighted by Gasteiger charge is -1.92. The van der Waals surface area contributed by atoms with Gasteiger partial charge in [-0.15, -0.1) is 0 Å². The first-order chi connectivity index (χ1) is 8.78. The van der Waals surface area contributed by atoms with E-state index >= 15 is 0 Å². The summed E-state index contributed by atoms with van der Waals surface area (Å²) in [7, 11) is 0. The summed E-state index contributed by atoms with van der Waals surface area (Å²) in [5.41, 5.74) is 11.0. The monoisotopic (exact) mass is 240 g/mol. The van der Waals surface area contributed by atoms with Crippen LogP contribution in [0.15, 0.2) is 30.3 Å². The van der Waals surface area contributed by atoms with Gasteiger partial charge in [0, 0.05) is 23.0 Å². The number of rotatable bonds is 3. The zero-order valence-electron chi connectivity index (χ0n) is 10.3. The van der Waals surface area contributed by atoms with E-state index in [1.54, 1.807) is 0 Å². The highest BCUT2D eigenvalue weighted by Crippen LogP contribution is 2.25. The molecule has 3 aromatic rings. The Morgan fingerprint density at radius 2 is 2.17 bits per heavy atom. The molecular formula is C14H16N4. The molecule has 0 spiro atoms. The van der Waals surface area contributed by atoms with E-state index in [2.05, 4.69) is 46.4 Å². The van der Waals surface area contributed by atoms with Crippen molar-refractivity contribution in [3.63, 3.8) is 0 Å². The first-order valence-electron chi connectivity index (χ1n) is 6.11. The molecule has 4 nitrogen and oxygen atoms in total. The molecule has 0 amide bonds. The standard InChI is InChI=1S/C14H16N4/c1-9-3-2-4-12-11(9)8-13(16-12)14-7-10(5-6-15)17-18-14/h2-4,7-8,16H,5-6,15H2,1H3,(H,17,18). The number of aromatic nitrogens is 3. The Labute approximate surface area is 105 Å². The van der Waals surface area contributed by atoms with Gasteiger partial charge in [-0.05, 0) is 37.2 Å². The topological polar surface area (TPSA) is 70.5 Å². The van der Waals surface area contributed by atoms with Gasteiger partial charge in [0.15, 0.2) is 0 Å². The normalized spacial score (nSPS) is 11.2. The Kier molecular flexibility index (Phi) is 2.64. The average Bonchev–Trinajstić information content (AvgIpc) is 2.96. The molecule has 2 heterocycles. The minimum Gasteiger partial charge on any atom is -0.353 e. The largest absolute Gasteiger partial charge is 0.353 e. The summed E-state index contributed by atoms with van der Waals surface area (Å²) in [5.74, 6) is 0. The summed E-state index contributed by atoms with van der Waals surface area (Å²) in [6, 6.07) is 10.5. The van der Waals surface area contributed by atoms with Gasteiger partial charge >= 0.3 is 0 Å².